The fourth-order valence-corrected chi connectivity index (χ4v) is 3.34. The number of ketones is 1. The summed E-state index contributed by atoms with van der Waals surface area (Å²) in [6.45, 7) is 2.82. The number of nitrogens with one attached hydrogen (secondary N) is 3. The lowest BCUT2D eigenvalue weighted by Crippen LogP contribution is -2.31. The number of ether oxygens (including phenoxy) is 1. The van der Waals surface area contributed by atoms with Crippen LogP contribution >= 0.6 is 0 Å². The molecule has 1 heterocycles. The number of hydrogen-bond acceptors (Lipinski definition) is 7. The Labute approximate surface area is 217 Å². The van der Waals surface area contributed by atoms with Gasteiger partial charge >= 0.3 is 12.2 Å². The molecule has 0 aliphatic heterocycles. The lowest BCUT2D eigenvalue weighted by molar-refractivity contribution is -0.137. The number of likely N-dealkylation sites (N-methyl/N-ethyl adjacent to an activating group) is 1. The second-order valence-corrected chi connectivity index (χ2v) is 8.46. The van der Waals surface area contributed by atoms with E-state index in [0.29, 0.717) is 24.5 Å². The SMILES string of the molecule is CCOC1=CC(c2ncc(NC(=O)Nc3cc(C(=O)NCCN(C)C)cc(C(F)(F)F)c3)cn2)=CCC1=O. The maximum absolute atomic E-state index is 13.4. The number of halogens is 3. The highest BCUT2D eigenvalue weighted by molar-refractivity contribution is 6.02. The summed E-state index contributed by atoms with van der Waals surface area (Å²) >= 11 is 0. The molecule has 10 nitrogen and oxygen atoms in total. The Kier molecular flexibility index (Phi) is 9.18. The molecule has 1 aromatic heterocycles. The van der Waals surface area contributed by atoms with E-state index in [1.807, 2.05) is 4.90 Å². The Balaban J connectivity index is 1.70. The van der Waals surface area contributed by atoms with Crippen LogP contribution in [0.1, 0.15) is 35.1 Å². The Bertz CT molecular complexity index is 1260. The van der Waals surface area contributed by atoms with E-state index in [2.05, 4.69) is 25.9 Å². The van der Waals surface area contributed by atoms with Crippen LogP contribution in [0.2, 0.25) is 0 Å². The number of nitrogens with zero attached hydrogens (tertiary/aromatic N) is 3. The fraction of sp³-hybridized carbons (Fsp3) is 0.320. The van der Waals surface area contributed by atoms with Crippen molar-refractivity contribution >= 4 is 34.7 Å². The molecular weight excluding hydrogens is 505 g/mol. The van der Waals surface area contributed by atoms with Crippen molar-refractivity contribution in [2.45, 2.75) is 19.5 Å². The zero-order chi connectivity index (χ0) is 27.9. The third-order valence-corrected chi connectivity index (χ3v) is 5.16. The summed E-state index contributed by atoms with van der Waals surface area (Å²) in [6, 6.07) is 1.74. The van der Waals surface area contributed by atoms with Crippen molar-refractivity contribution in [3.05, 3.63) is 65.5 Å². The minimum Gasteiger partial charge on any atom is -0.490 e. The summed E-state index contributed by atoms with van der Waals surface area (Å²) in [7, 11) is 3.58. The standard InChI is InChI=1S/C25H27F3N6O4/c1-4-38-21-11-15(5-6-20(21)35)22-30-13-19(14-31-22)33-24(37)32-18-10-16(9-17(12-18)25(26,27)28)23(36)29-7-8-34(2)3/h5,9-14H,4,6-8H2,1-3H3,(H,29,36)(H2,32,33,37). The number of anilines is 2. The molecule has 13 heteroatoms. The molecule has 0 radical (unpaired) electrons. The topological polar surface area (TPSA) is 126 Å². The number of hydrogen-bond donors (Lipinski definition) is 3. The smallest absolute Gasteiger partial charge is 0.416 e. The summed E-state index contributed by atoms with van der Waals surface area (Å²) in [5.74, 6) is -0.356. The highest BCUT2D eigenvalue weighted by atomic mass is 19.4. The number of rotatable bonds is 9. The van der Waals surface area contributed by atoms with Gasteiger partial charge in [-0.25, -0.2) is 14.8 Å². The summed E-state index contributed by atoms with van der Waals surface area (Å²) < 4.78 is 45.6. The Morgan fingerprint density at radius 3 is 2.39 bits per heavy atom. The minimum absolute atomic E-state index is 0.138. The van der Waals surface area contributed by atoms with E-state index in [1.165, 1.54) is 18.5 Å². The van der Waals surface area contributed by atoms with E-state index >= 15 is 0 Å². The first kappa shape index (κ1) is 28.3. The van der Waals surface area contributed by atoms with Crippen molar-refractivity contribution in [2.75, 3.05) is 44.4 Å². The van der Waals surface area contributed by atoms with Crippen molar-refractivity contribution in [1.82, 2.24) is 20.2 Å². The minimum atomic E-state index is -4.73. The van der Waals surface area contributed by atoms with Gasteiger partial charge in [0.05, 0.1) is 30.3 Å². The van der Waals surface area contributed by atoms with Gasteiger partial charge in [-0.2, -0.15) is 13.2 Å². The van der Waals surface area contributed by atoms with Crippen LogP contribution in [0, 0.1) is 0 Å². The van der Waals surface area contributed by atoms with Gasteiger partial charge in [-0.15, -0.1) is 0 Å². The molecule has 202 valence electrons. The molecule has 38 heavy (non-hydrogen) atoms. The summed E-state index contributed by atoms with van der Waals surface area (Å²) in [6.07, 6.45) is 1.21. The van der Waals surface area contributed by atoms with Gasteiger partial charge in [-0.1, -0.05) is 6.08 Å². The number of Topliss-reactive ketones (excluding diaryl/α,β-unsaturated/α-hetero) is 1. The molecule has 0 spiro atoms. The zero-order valence-corrected chi connectivity index (χ0v) is 21.0. The van der Waals surface area contributed by atoms with E-state index in [1.54, 1.807) is 27.1 Å². The van der Waals surface area contributed by atoms with E-state index < -0.39 is 23.7 Å². The number of urea groups is 1. The van der Waals surface area contributed by atoms with Crippen LogP contribution in [0.25, 0.3) is 5.57 Å². The number of carbonyl (C=O) groups is 3. The van der Waals surface area contributed by atoms with Gasteiger partial charge < -0.3 is 25.6 Å². The van der Waals surface area contributed by atoms with E-state index in [0.717, 1.165) is 18.2 Å². The summed E-state index contributed by atoms with van der Waals surface area (Å²) in [4.78, 5) is 46.9. The number of carbonyl (C=O) groups excluding carboxylic acids is 3. The van der Waals surface area contributed by atoms with E-state index in [4.69, 9.17) is 4.74 Å². The predicted octanol–water partition coefficient (Wildman–Crippen LogP) is 3.71. The highest BCUT2D eigenvalue weighted by Crippen LogP contribution is 2.32. The molecule has 0 fully saturated rings. The van der Waals surface area contributed by atoms with Crippen LogP contribution in [0.3, 0.4) is 0 Å². The third-order valence-electron chi connectivity index (χ3n) is 5.16. The highest BCUT2D eigenvalue weighted by Gasteiger charge is 2.32. The van der Waals surface area contributed by atoms with Crippen LogP contribution in [0.4, 0.5) is 29.3 Å². The monoisotopic (exact) mass is 532 g/mol. The average molecular weight is 533 g/mol. The van der Waals surface area contributed by atoms with Gasteiger partial charge in [0.15, 0.2) is 11.6 Å². The number of amides is 3. The molecule has 1 aromatic carbocycles. The first-order valence-electron chi connectivity index (χ1n) is 11.6. The Morgan fingerprint density at radius 1 is 1.08 bits per heavy atom. The van der Waals surface area contributed by atoms with Gasteiger partial charge in [0.2, 0.25) is 5.78 Å². The normalized spacial score (nSPS) is 13.5. The van der Waals surface area contributed by atoms with Gasteiger partial charge in [0.25, 0.3) is 5.91 Å². The summed E-state index contributed by atoms with van der Waals surface area (Å²) in [5, 5.41) is 7.29. The molecule has 2 aromatic rings. The summed E-state index contributed by atoms with van der Waals surface area (Å²) in [5.41, 5.74) is -0.816. The van der Waals surface area contributed by atoms with Crippen molar-refractivity contribution in [2.24, 2.45) is 0 Å². The second kappa shape index (κ2) is 12.3. The molecule has 0 unspecified atom stereocenters. The molecule has 0 saturated heterocycles. The second-order valence-electron chi connectivity index (χ2n) is 8.46. The van der Waals surface area contributed by atoms with Gasteiger partial charge in [-0.05, 0) is 45.3 Å². The fourth-order valence-electron chi connectivity index (χ4n) is 3.34. The Hall–Kier alpha value is -4.26. The number of alkyl halides is 3. The molecule has 3 amide bonds. The zero-order valence-electron chi connectivity index (χ0n) is 21.0. The average Bonchev–Trinajstić information content (AvgIpc) is 2.85. The molecule has 3 rings (SSSR count). The van der Waals surface area contributed by atoms with Crippen LogP contribution < -0.4 is 16.0 Å². The predicted molar refractivity (Wildman–Crippen MR) is 134 cm³/mol. The van der Waals surface area contributed by atoms with Crippen molar-refractivity contribution in [3.8, 4) is 0 Å². The Morgan fingerprint density at radius 2 is 1.76 bits per heavy atom. The molecule has 1 aliphatic rings. The van der Waals surface area contributed by atoms with Crippen molar-refractivity contribution in [1.29, 1.82) is 0 Å². The lowest BCUT2D eigenvalue weighted by Gasteiger charge is -2.15. The van der Waals surface area contributed by atoms with Gasteiger partial charge in [0.1, 0.15) is 0 Å². The van der Waals surface area contributed by atoms with Crippen LogP contribution in [0.15, 0.2) is 48.5 Å². The molecule has 3 N–H and O–H groups in total. The largest absolute Gasteiger partial charge is 0.490 e. The quantitative estimate of drug-likeness (QED) is 0.450. The van der Waals surface area contributed by atoms with E-state index in [9.17, 15) is 27.6 Å². The maximum atomic E-state index is 13.4. The molecular formula is C25H27F3N6O4. The molecule has 0 bridgehead atoms. The van der Waals surface area contributed by atoms with Crippen LogP contribution in [-0.4, -0.2) is 66.4 Å². The number of allylic oxidation sites excluding steroid dienone is 4. The van der Waals surface area contributed by atoms with Crippen molar-refractivity contribution < 1.29 is 32.3 Å². The third kappa shape index (κ3) is 7.87. The van der Waals surface area contributed by atoms with Gasteiger partial charge in [0, 0.05) is 36.3 Å². The molecule has 0 atom stereocenters. The number of benzene rings is 1. The van der Waals surface area contributed by atoms with Crippen LogP contribution in [0.5, 0.6) is 0 Å². The van der Waals surface area contributed by atoms with Crippen LogP contribution in [-0.2, 0) is 15.7 Å². The molecule has 1 aliphatic carbocycles. The lowest BCUT2D eigenvalue weighted by atomic mass is 10.0. The first-order valence-corrected chi connectivity index (χ1v) is 11.6. The van der Waals surface area contributed by atoms with E-state index in [-0.39, 0.29) is 41.4 Å². The number of aromatic nitrogens is 2. The molecule has 0 saturated carbocycles. The van der Waals surface area contributed by atoms with Gasteiger partial charge in [-0.3, -0.25) is 9.59 Å². The van der Waals surface area contributed by atoms with Crippen molar-refractivity contribution in [3.63, 3.8) is 0 Å². The maximum Gasteiger partial charge on any atom is 0.416 e. The first-order chi connectivity index (χ1) is 18.0.